The molecule has 0 atom stereocenters. The molecular weight excluding hydrogens is 258 g/mol. The molecule has 0 radical (unpaired) electrons. The lowest BCUT2D eigenvalue weighted by Crippen LogP contribution is -2.15. The predicted octanol–water partition coefficient (Wildman–Crippen LogP) is 2.28. The van der Waals surface area contributed by atoms with Gasteiger partial charge >= 0.3 is 0 Å². The maximum Gasteiger partial charge on any atom is 0.129 e. The standard InChI is InChI=1S/C11H16BrNO2/c1-15-6-2-5-13-8-9-3-4-11(14)10(12)7-9/h3-4,7,13-14H,2,5-6,8H2,1H3. The minimum atomic E-state index is 0.276. The Morgan fingerprint density at radius 2 is 2.27 bits per heavy atom. The first-order valence-electron chi connectivity index (χ1n) is 4.91. The van der Waals surface area contributed by atoms with Crippen LogP contribution in [0.5, 0.6) is 5.75 Å². The zero-order chi connectivity index (χ0) is 11.1. The highest BCUT2D eigenvalue weighted by Gasteiger charge is 1.98. The number of rotatable bonds is 6. The molecule has 0 spiro atoms. The fourth-order valence-corrected chi connectivity index (χ4v) is 1.66. The molecule has 0 aromatic heterocycles. The van der Waals surface area contributed by atoms with Gasteiger partial charge in [0.25, 0.3) is 0 Å². The molecule has 1 aromatic carbocycles. The number of methoxy groups -OCH3 is 1. The maximum atomic E-state index is 9.30. The molecule has 0 bridgehead atoms. The third-order valence-electron chi connectivity index (χ3n) is 2.04. The van der Waals surface area contributed by atoms with Crippen molar-refractivity contribution >= 4 is 15.9 Å². The third kappa shape index (κ3) is 4.64. The minimum absolute atomic E-state index is 0.276. The molecule has 0 saturated heterocycles. The zero-order valence-corrected chi connectivity index (χ0v) is 10.4. The predicted molar refractivity (Wildman–Crippen MR) is 64.0 cm³/mol. The van der Waals surface area contributed by atoms with Crippen LogP contribution in [0.25, 0.3) is 0 Å². The van der Waals surface area contributed by atoms with Crippen molar-refractivity contribution in [3.63, 3.8) is 0 Å². The topological polar surface area (TPSA) is 41.5 Å². The molecule has 4 heteroatoms. The van der Waals surface area contributed by atoms with Crippen LogP contribution in [0.4, 0.5) is 0 Å². The van der Waals surface area contributed by atoms with Crippen LogP contribution in [0.1, 0.15) is 12.0 Å². The molecule has 0 heterocycles. The number of phenolic OH excluding ortho intramolecular Hbond substituents is 1. The van der Waals surface area contributed by atoms with Gasteiger partial charge in [-0.15, -0.1) is 0 Å². The van der Waals surface area contributed by atoms with E-state index in [2.05, 4.69) is 21.2 Å². The van der Waals surface area contributed by atoms with Crippen LogP contribution in [0.15, 0.2) is 22.7 Å². The Labute approximate surface area is 98.6 Å². The van der Waals surface area contributed by atoms with E-state index in [1.807, 2.05) is 12.1 Å². The number of aromatic hydroxyl groups is 1. The molecule has 0 aliphatic heterocycles. The van der Waals surface area contributed by atoms with Crippen LogP contribution in [-0.2, 0) is 11.3 Å². The van der Waals surface area contributed by atoms with Crippen molar-refractivity contribution in [3.8, 4) is 5.75 Å². The molecule has 15 heavy (non-hydrogen) atoms. The Morgan fingerprint density at radius 1 is 1.47 bits per heavy atom. The van der Waals surface area contributed by atoms with Crippen molar-refractivity contribution < 1.29 is 9.84 Å². The molecule has 84 valence electrons. The Hall–Kier alpha value is -0.580. The Kier molecular flexibility index (Phi) is 5.68. The average molecular weight is 274 g/mol. The number of nitrogens with one attached hydrogen (secondary N) is 1. The molecule has 0 aliphatic carbocycles. The van der Waals surface area contributed by atoms with E-state index in [9.17, 15) is 5.11 Å². The lowest BCUT2D eigenvalue weighted by Gasteiger charge is -2.05. The van der Waals surface area contributed by atoms with E-state index in [4.69, 9.17) is 4.74 Å². The summed E-state index contributed by atoms with van der Waals surface area (Å²) in [6.45, 7) is 2.53. The van der Waals surface area contributed by atoms with E-state index in [0.717, 1.165) is 36.2 Å². The summed E-state index contributed by atoms with van der Waals surface area (Å²) in [4.78, 5) is 0. The summed E-state index contributed by atoms with van der Waals surface area (Å²) >= 11 is 3.28. The van der Waals surface area contributed by atoms with Gasteiger partial charge in [0.05, 0.1) is 4.47 Å². The van der Waals surface area contributed by atoms with Gasteiger partial charge in [-0.3, -0.25) is 0 Å². The lowest BCUT2D eigenvalue weighted by atomic mass is 10.2. The Morgan fingerprint density at radius 3 is 2.93 bits per heavy atom. The van der Waals surface area contributed by atoms with Crippen molar-refractivity contribution in [1.29, 1.82) is 0 Å². The first-order valence-corrected chi connectivity index (χ1v) is 5.70. The van der Waals surface area contributed by atoms with E-state index in [0.29, 0.717) is 0 Å². The van der Waals surface area contributed by atoms with E-state index in [1.165, 1.54) is 0 Å². The van der Waals surface area contributed by atoms with Gasteiger partial charge in [0.1, 0.15) is 5.75 Å². The van der Waals surface area contributed by atoms with E-state index < -0.39 is 0 Å². The van der Waals surface area contributed by atoms with Crippen LogP contribution in [0.2, 0.25) is 0 Å². The van der Waals surface area contributed by atoms with Crippen LogP contribution in [0.3, 0.4) is 0 Å². The molecule has 0 amide bonds. The van der Waals surface area contributed by atoms with Crippen LogP contribution >= 0.6 is 15.9 Å². The van der Waals surface area contributed by atoms with Crippen molar-refractivity contribution in [3.05, 3.63) is 28.2 Å². The zero-order valence-electron chi connectivity index (χ0n) is 8.79. The summed E-state index contributed by atoms with van der Waals surface area (Å²) in [5.41, 5.74) is 1.15. The van der Waals surface area contributed by atoms with Gasteiger partial charge in [0.2, 0.25) is 0 Å². The van der Waals surface area contributed by atoms with Gasteiger partial charge in [-0.05, 0) is 46.6 Å². The summed E-state index contributed by atoms with van der Waals surface area (Å²) in [5, 5.41) is 12.6. The monoisotopic (exact) mass is 273 g/mol. The van der Waals surface area contributed by atoms with E-state index in [1.54, 1.807) is 13.2 Å². The molecule has 3 nitrogen and oxygen atoms in total. The normalized spacial score (nSPS) is 10.5. The summed E-state index contributed by atoms with van der Waals surface area (Å²) < 4.78 is 5.68. The molecule has 1 rings (SSSR count). The molecule has 0 aliphatic rings. The summed E-state index contributed by atoms with van der Waals surface area (Å²) in [7, 11) is 1.71. The fourth-order valence-electron chi connectivity index (χ4n) is 1.23. The number of hydrogen-bond acceptors (Lipinski definition) is 3. The largest absolute Gasteiger partial charge is 0.507 e. The van der Waals surface area contributed by atoms with Crippen molar-refractivity contribution in [2.45, 2.75) is 13.0 Å². The van der Waals surface area contributed by atoms with Gasteiger partial charge in [0, 0.05) is 20.3 Å². The highest BCUT2D eigenvalue weighted by atomic mass is 79.9. The molecule has 0 saturated carbocycles. The number of benzene rings is 1. The fraction of sp³-hybridized carbons (Fsp3) is 0.455. The summed E-state index contributed by atoms with van der Waals surface area (Å²) in [5.74, 6) is 0.276. The van der Waals surface area contributed by atoms with Gasteiger partial charge < -0.3 is 15.2 Å². The van der Waals surface area contributed by atoms with E-state index >= 15 is 0 Å². The molecular formula is C11H16BrNO2. The molecule has 0 unspecified atom stereocenters. The number of halogens is 1. The lowest BCUT2D eigenvalue weighted by molar-refractivity contribution is 0.194. The second-order valence-electron chi connectivity index (χ2n) is 3.31. The van der Waals surface area contributed by atoms with Crippen molar-refractivity contribution in [1.82, 2.24) is 5.32 Å². The second kappa shape index (κ2) is 6.82. The van der Waals surface area contributed by atoms with Crippen LogP contribution in [-0.4, -0.2) is 25.4 Å². The van der Waals surface area contributed by atoms with E-state index in [-0.39, 0.29) is 5.75 Å². The highest BCUT2D eigenvalue weighted by molar-refractivity contribution is 9.10. The number of phenols is 1. The maximum absolute atomic E-state index is 9.30. The number of ether oxygens (including phenoxy) is 1. The summed E-state index contributed by atoms with van der Waals surface area (Å²) in [6, 6.07) is 5.51. The van der Waals surface area contributed by atoms with Gasteiger partial charge in [0.15, 0.2) is 0 Å². The molecule has 2 N–H and O–H groups in total. The quantitative estimate of drug-likeness (QED) is 0.782. The Bertz CT molecular complexity index is 305. The number of hydrogen-bond donors (Lipinski definition) is 2. The van der Waals surface area contributed by atoms with Crippen LogP contribution in [0, 0.1) is 0 Å². The minimum Gasteiger partial charge on any atom is -0.507 e. The highest BCUT2D eigenvalue weighted by Crippen LogP contribution is 2.23. The summed E-state index contributed by atoms with van der Waals surface area (Å²) in [6.07, 6.45) is 1.01. The van der Waals surface area contributed by atoms with Gasteiger partial charge in [-0.1, -0.05) is 6.07 Å². The smallest absolute Gasteiger partial charge is 0.129 e. The van der Waals surface area contributed by atoms with Crippen LogP contribution < -0.4 is 5.32 Å². The Balaban J connectivity index is 2.28. The average Bonchev–Trinajstić information content (AvgIpc) is 2.23. The van der Waals surface area contributed by atoms with Crippen molar-refractivity contribution in [2.24, 2.45) is 0 Å². The van der Waals surface area contributed by atoms with Crippen molar-refractivity contribution in [2.75, 3.05) is 20.3 Å². The SMILES string of the molecule is COCCCNCc1ccc(O)c(Br)c1. The van der Waals surface area contributed by atoms with Gasteiger partial charge in [-0.25, -0.2) is 0 Å². The molecule has 0 fully saturated rings. The first-order chi connectivity index (χ1) is 7.24. The third-order valence-corrected chi connectivity index (χ3v) is 2.68. The van der Waals surface area contributed by atoms with Gasteiger partial charge in [-0.2, -0.15) is 0 Å². The second-order valence-corrected chi connectivity index (χ2v) is 4.16. The first kappa shape index (κ1) is 12.5. The molecule has 1 aromatic rings.